The van der Waals surface area contributed by atoms with Crippen molar-refractivity contribution in [1.82, 2.24) is 10.2 Å². The maximum atomic E-state index is 13.3. The van der Waals surface area contributed by atoms with Crippen molar-refractivity contribution in [3.05, 3.63) is 35.1 Å². The molecule has 108 valence electrons. The third kappa shape index (κ3) is 5.00. The zero-order chi connectivity index (χ0) is 15.0. The van der Waals surface area contributed by atoms with Gasteiger partial charge in [-0.05, 0) is 24.2 Å². The predicted octanol–water partition coefficient (Wildman–Crippen LogP) is 0.704. The number of rotatable bonds is 5. The van der Waals surface area contributed by atoms with E-state index in [-0.39, 0.29) is 18.3 Å². The molecule has 0 heterocycles. The van der Waals surface area contributed by atoms with E-state index in [1.807, 2.05) is 11.8 Å². The first-order valence-corrected chi connectivity index (χ1v) is 6.51. The fourth-order valence-electron chi connectivity index (χ4n) is 1.75. The summed E-state index contributed by atoms with van der Waals surface area (Å²) in [6.45, 7) is 3.75. The number of benzene rings is 1. The van der Waals surface area contributed by atoms with Crippen LogP contribution in [0.5, 0.6) is 0 Å². The SMILES string of the molecule is CCN(CC(=O)NC)Cc1ccc(F)cc1C#CCN. The van der Waals surface area contributed by atoms with Gasteiger partial charge in [0.1, 0.15) is 5.82 Å². The van der Waals surface area contributed by atoms with Crippen molar-refractivity contribution in [2.24, 2.45) is 5.73 Å². The molecule has 0 radical (unpaired) electrons. The van der Waals surface area contributed by atoms with Crippen molar-refractivity contribution < 1.29 is 9.18 Å². The van der Waals surface area contributed by atoms with E-state index < -0.39 is 0 Å². The van der Waals surface area contributed by atoms with E-state index in [2.05, 4.69) is 17.2 Å². The van der Waals surface area contributed by atoms with Gasteiger partial charge in [0.25, 0.3) is 0 Å². The van der Waals surface area contributed by atoms with Gasteiger partial charge < -0.3 is 11.1 Å². The van der Waals surface area contributed by atoms with E-state index in [9.17, 15) is 9.18 Å². The van der Waals surface area contributed by atoms with Crippen LogP contribution in [0.15, 0.2) is 18.2 Å². The van der Waals surface area contributed by atoms with Crippen LogP contribution in [-0.2, 0) is 11.3 Å². The van der Waals surface area contributed by atoms with Crippen molar-refractivity contribution in [2.45, 2.75) is 13.5 Å². The number of carbonyl (C=O) groups is 1. The highest BCUT2D eigenvalue weighted by atomic mass is 19.1. The highest BCUT2D eigenvalue weighted by Crippen LogP contribution is 2.13. The molecular weight excluding hydrogens is 257 g/mol. The molecule has 1 aromatic rings. The van der Waals surface area contributed by atoms with Gasteiger partial charge in [0.05, 0.1) is 13.1 Å². The number of nitrogens with two attached hydrogens (primary N) is 1. The van der Waals surface area contributed by atoms with Gasteiger partial charge in [0.2, 0.25) is 5.91 Å². The summed E-state index contributed by atoms with van der Waals surface area (Å²) in [6, 6.07) is 4.49. The number of hydrogen-bond donors (Lipinski definition) is 2. The minimum atomic E-state index is -0.329. The maximum Gasteiger partial charge on any atom is 0.233 e. The largest absolute Gasteiger partial charge is 0.358 e. The van der Waals surface area contributed by atoms with Crippen molar-refractivity contribution >= 4 is 5.91 Å². The summed E-state index contributed by atoms with van der Waals surface area (Å²) in [7, 11) is 1.60. The number of nitrogens with one attached hydrogen (secondary N) is 1. The molecule has 1 rings (SSSR count). The summed E-state index contributed by atoms with van der Waals surface area (Å²) < 4.78 is 13.3. The summed E-state index contributed by atoms with van der Waals surface area (Å²) in [5.74, 6) is 5.22. The standard InChI is InChI=1S/C15H20FN3O/c1-3-19(11-15(20)18-2)10-13-6-7-14(16)9-12(13)5-4-8-17/h6-7,9H,3,8,10-11,17H2,1-2H3,(H,18,20). The molecule has 0 aliphatic carbocycles. The second-order valence-electron chi connectivity index (χ2n) is 4.28. The molecule has 0 spiro atoms. The Balaban J connectivity index is 2.91. The minimum Gasteiger partial charge on any atom is -0.358 e. The van der Waals surface area contributed by atoms with E-state index in [4.69, 9.17) is 5.73 Å². The molecule has 20 heavy (non-hydrogen) atoms. The monoisotopic (exact) mass is 277 g/mol. The molecule has 5 heteroatoms. The van der Waals surface area contributed by atoms with Gasteiger partial charge in [-0.25, -0.2) is 4.39 Å². The van der Waals surface area contributed by atoms with Gasteiger partial charge in [0.15, 0.2) is 0 Å². The Bertz CT molecular complexity index is 520. The van der Waals surface area contributed by atoms with E-state index >= 15 is 0 Å². The van der Waals surface area contributed by atoms with E-state index in [0.29, 0.717) is 25.2 Å². The molecule has 0 saturated heterocycles. The normalized spacial score (nSPS) is 10.1. The zero-order valence-electron chi connectivity index (χ0n) is 11.9. The lowest BCUT2D eigenvalue weighted by Gasteiger charge is -2.20. The van der Waals surface area contributed by atoms with Crippen LogP contribution in [0.1, 0.15) is 18.1 Å². The Kier molecular flexibility index (Phi) is 6.71. The van der Waals surface area contributed by atoms with Crippen LogP contribution < -0.4 is 11.1 Å². The molecule has 0 unspecified atom stereocenters. The van der Waals surface area contributed by atoms with Crippen molar-refractivity contribution in [3.8, 4) is 11.8 Å². The Labute approximate surface area is 119 Å². The van der Waals surface area contributed by atoms with Crippen LogP contribution >= 0.6 is 0 Å². The van der Waals surface area contributed by atoms with Gasteiger partial charge in [0, 0.05) is 19.2 Å². The van der Waals surface area contributed by atoms with Gasteiger partial charge in [-0.2, -0.15) is 0 Å². The average molecular weight is 277 g/mol. The molecular formula is C15H20FN3O. The molecule has 0 aliphatic heterocycles. The summed E-state index contributed by atoms with van der Waals surface area (Å²) >= 11 is 0. The van der Waals surface area contributed by atoms with Gasteiger partial charge >= 0.3 is 0 Å². The number of nitrogens with zero attached hydrogens (tertiary/aromatic N) is 1. The Morgan fingerprint density at radius 1 is 1.50 bits per heavy atom. The average Bonchev–Trinajstić information content (AvgIpc) is 2.46. The summed E-state index contributed by atoms with van der Waals surface area (Å²) in [4.78, 5) is 13.4. The summed E-state index contributed by atoms with van der Waals surface area (Å²) in [5.41, 5.74) is 6.85. The Hall–Kier alpha value is -1.90. The Morgan fingerprint density at radius 2 is 2.25 bits per heavy atom. The van der Waals surface area contributed by atoms with Crippen LogP contribution in [-0.4, -0.2) is 37.5 Å². The molecule has 0 aliphatic rings. The lowest BCUT2D eigenvalue weighted by Crippen LogP contribution is -2.35. The molecule has 0 atom stereocenters. The van der Waals surface area contributed by atoms with Crippen LogP contribution in [0.4, 0.5) is 4.39 Å². The van der Waals surface area contributed by atoms with Crippen LogP contribution in [0.25, 0.3) is 0 Å². The third-order valence-corrected chi connectivity index (χ3v) is 2.88. The zero-order valence-corrected chi connectivity index (χ0v) is 11.9. The lowest BCUT2D eigenvalue weighted by atomic mass is 10.1. The maximum absolute atomic E-state index is 13.3. The quantitative estimate of drug-likeness (QED) is 0.779. The first kappa shape index (κ1) is 16.2. The highest BCUT2D eigenvalue weighted by Gasteiger charge is 2.11. The van der Waals surface area contributed by atoms with Gasteiger partial charge in [-0.3, -0.25) is 9.69 Å². The fourth-order valence-corrected chi connectivity index (χ4v) is 1.75. The molecule has 0 bridgehead atoms. The molecule has 0 aromatic heterocycles. The van der Waals surface area contributed by atoms with Crippen molar-refractivity contribution in [2.75, 3.05) is 26.7 Å². The molecule has 1 aromatic carbocycles. The predicted molar refractivity (Wildman–Crippen MR) is 77.4 cm³/mol. The topological polar surface area (TPSA) is 58.4 Å². The fraction of sp³-hybridized carbons (Fsp3) is 0.400. The van der Waals surface area contributed by atoms with Crippen molar-refractivity contribution in [1.29, 1.82) is 0 Å². The molecule has 0 saturated carbocycles. The number of amides is 1. The number of halogens is 1. The minimum absolute atomic E-state index is 0.0523. The molecule has 1 amide bonds. The van der Waals surface area contributed by atoms with Gasteiger partial charge in [-0.1, -0.05) is 24.8 Å². The van der Waals surface area contributed by atoms with Crippen LogP contribution in [0.3, 0.4) is 0 Å². The summed E-state index contributed by atoms with van der Waals surface area (Å²) in [5, 5.41) is 2.59. The van der Waals surface area contributed by atoms with E-state index in [1.165, 1.54) is 12.1 Å². The smallest absolute Gasteiger partial charge is 0.233 e. The van der Waals surface area contributed by atoms with Crippen molar-refractivity contribution in [3.63, 3.8) is 0 Å². The Morgan fingerprint density at radius 3 is 2.85 bits per heavy atom. The number of carbonyl (C=O) groups excluding carboxylic acids is 1. The second kappa shape index (κ2) is 8.31. The lowest BCUT2D eigenvalue weighted by molar-refractivity contribution is -0.121. The number of likely N-dealkylation sites (N-methyl/N-ethyl adjacent to an activating group) is 2. The summed E-state index contributed by atoms with van der Waals surface area (Å²) in [6.07, 6.45) is 0. The highest BCUT2D eigenvalue weighted by molar-refractivity contribution is 5.77. The van der Waals surface area contributed by atoms with Crippen LogP contribution in [0.2, 0.25) is 0 Å². The number of hydrogen-bond acceptors (Lipinski definition) is 3. The van der Waals surface area contributed by atoms with E-state index in [1.54, 1.807) is 13.1 Å². The first-order chi connectivity index (χ1) is 9.60. The second-order valence-corrected chi connectivity index (χ2v) is 4.28. The first-order valence-electron chi connectivity index (χ1n) is 6.51. The van der Waals surface area contributed by atoms with E-state index in [0.717, 1.165) is 5.56 Å². The molecule has 4 nitrogen and oxygen atoms in total. The third-order valence-electron chi connectivity index (χ3n) is 2.88. The molecule has 0 fully saturated rings. The molecule has 3 N–H and O–H groups in total. The van der Waals surface area contributed by atoms with Gasteiger partial charge in [-0.15, -0.1) is 0 Å². The van der Waals surface area contributed by atoms with Crippen LogP contribution in [0, 0.1) is 17.7 Å².